The van der Waals surface area contributed by atoms with E-state index in [4.69, 9.17) is 0 Å². The van der Waals surface area contributed by atoms with E-state index in [0.29, 0.717) is 0 Å². The number of imidazole rings is 1. The number of aromatic nitrogens is 2. The minimum atomic E-state index is 0.997. The second-order valence-corrected chi connectivity index (χ2v) is 10.1. The molecule has 1 heterocycles. The Morgan fingerprint density at radius 2 is 1.12 bits per heavy atom. The van der Waals surface area contributed by atoms with E-state index in [1.165, 1.54) is 134 Å². The minimum Gasteiger partial charge on any atom is -0.234 e. The molecule has 186 valence electrons. The molecule has 2 aromatic rings. The maximum absolute atomic E-state index is 2.55. The smallest absolute Gasteiger partial charge is 0.234 e. The number of hydrogen-bond donors (Lipinski definition) is 0. The molecular weight excluding hydrogens is 400 g/mol. The first kappa shape index (κ1) is 27.7. The van der Waals surface area contributed by atoms with E-state index < -0.39 is 0 Å². The van der Waals surface area contributed by atoms with Gasteiger partial charge in [0.2, 0.25) is 0 Å². The van der Waals surface area contributed by atoms with Gasteiger partial charge in [-0.1, -0.05) is 134 Å². The van der Waals surface area contributed by atoms with Gasteiger partial charge in [-0.25, -0.2) is 9.13 Å². The van der Waals surface area contributed by atoms with Crippen molar-refractivity contribution < 1.29 is 4.57 Å². The number of unbranched alkanes of at least 4 members (excludes halogenated alkanes) is 15. The molecule has 0 bridgehead atoms. The van der Waals surface area contributed by atoms with Crippen LogP contribution in [0.2, 0.25) is 0 Å². The van der Waals surface area contributed by atoms with Gasteiger partial charge in [-0.05, 0) is 24.8 Å². The Hall–Kier alpha value is -1.57. The van der Waals surface area contributed by atoms with E-state index in [-0.39, 0.29) is 0 Å². The van der Waals surface area contributed by atoms with Crippen LogP contribution >= 0.6 is 0 Å². The Morgan fingerprint density at radius 3 is 1.70 bits per heavy atom. The summed E-state index contributed by atoms with van der Waals surface area (Å²) in [7, 11) is 0. The highest BCUT2D eigenvalue weighted by molar-refractivity contribution is 5.13. The predicted octanol–water partition coefficient (Wildman–Crippen LogP) is 9.04. The monoisotopic (exact) mass is 453 g/mol. The first-order valence-electron chi connectivity index (χ1n) is 14.5. The molecule has 0 spiro atoms. The lowest BCUT2D eigenvalue weighted by atomic mass is 10.1. The zero-order valence-corrected chi connectivity index (χ0v) is 22.1. The highest BCUT2D eigenvalue weighted by atomic mass is 15.1. The molecular formula is C31H53N2+. The van der Waals surface area contributed by atoms with Gasteiger partial charge in [-0.15, -0.1) is 0 Å². The van der Waals surface area contributed by atoms with Gasteiger partial charge < -0.3 is 0 Å². The van der Waals surface area contributed by atoms with Crippen LogP contribution in [0.4, 0.5) is 0 Å². The van der Waals surface area contributed by atoms with Crippen LogP contribution in [-0.4, -0.2) is 4.57 Å². The van der Waals surface area contributed by atoms with Crippen molar-refractivity contribution in [3.8, 4) is 0 Å². The van der Waals surface area contributed by atoms with Gasteiger partial charge in [0, 0.05) is 6.42 Å². The van der Waals surface area contributed by atoms with Crippen LogP contribution in [0.25, 0.3) is 0 Å². The third kappa shape index (κ3) is 12.5. The van der Waals surface area contributed by atoms with Gasteiger partial charge in [0.15, 0.2) is 0 Å². The van der Waals surface area contributed by atoms with Crippen LogP contribution < -0.4 is 4.57 Å². The summed E-state index contributed by atoms with van der Waals surface area (Å²) in [5.41, 5.74) is 1.40. The van der Waals surface area contributed by atoms with Crippen molar-refractivity contribution in [1.29, 1.82) is 0 Å². The maximum atomic E-state index is 2.55. The van der Waals surface area contributed by atoms with Gasteiger partial charge in [0.05, 0.1) is 6.54 Å². The highest BCUT2D eigenvalue weighted by Crippen LogP contribution is 2.13. The molecule has 0 aliphatic rings. The predicted molar refractivity (Wildman–Crippen MR) is 144 cm³/mol. The zero-order chi connectivity index (χ0) is 23.4. The number of nitrogens with zero attached hydrogens (tertiary/aromatic N) is 2. The molecule has 0 radical (unpaired) electrons. The molecule has 2 heteroatoms. The van der Waals surface area contributed by atoms with E-state index in [0.717, 1.165) is 6.54 Å². The van der Waals surface area contributed by atoms with Crippen LogP contribution in [0.3, 0.4) is 0 Å². The van der Waals surface area contributed by atoms with E-state index >= 15 is 0 Å². The molecule has 0 fully saturated rings. The molecule has 0 saturated carbocycles. The molecule has 0 unspecified atom stereocenters. The van der Waals surface area contributed by atoms with E-state index in [9.17, 15) is 0 Å². The van der Waals surface area contributed by atoms with Gasteiger partial charge >= 0.3 is 0 Å². The zero-order valence-electron chi connectivity index (χ0n) is 22.1. The Bertz CT molecular complexity index is 688. The first-order valence-corrected chi connectivity index (χ1v) is 14.5. The fourth-order valence-electron chi connectivity index (χ4n) is 4.92. The molecule has 2 rings (SSSR count). The molecule has 1 aromatic heterocycles. The number of benzene rings is 1. The molecule has 2 nitrogen and oxygen atoms in total. The molecule has 1 aromatic carbocycles. The molecule has 0 aliphatic carbocycles. The summed E-state index contributed by atoms with van der Waals surface area (Å²) in [5, 5.41) is 0. The molecule has 0 aliphatic heterocycles. The Labute approximate surface area is 205 Å². The molecule has 0 N–H and O–H groups in total. The third-order valence-electron chi connectivity index (χ3n) is 7.04. The standard InChI is InChI=1S/C31H53N2/c1-3-5-7-9-10-11-12-13-14-15-17-22-26-32-27-28-33(29-30-23-19-18-20-24-30)31(32)25-21-16-8-6-4-2/h18-20,23-24,27-28H,3-17,21-22,25-26,29H2,1-2H3/q+1. The second-order valence-electron chi connectivity index (χ2n) is 10.1. The number of aryl methyl sites for hydroxylation is 1. The van der Waals surface area contributed by atoms with Gasteiger partial charge in [0.25, 0.3) is 5.82 Å². The molecule has 0 saturated heterocycles. The summed E-state index contributed by atoms with van der Waals surface area (Å²) in [6.07, 6.45) is 29.6. The highest BCUT2D eigenvalue weighted by Gasteiger charge is 2.17. The minimum absolute atomic E-state index is 0.997. The van der Waals surface area contributed by atoms with Crippen LogP contribution in [0, 0.1) is 0 Å². The summed E-state index contributed by atoms with van der Waals surface area (Å²) in [5.74, 6) is 1.53. The molecule has 0 atom stereocenters. The van der Waals surface area contributed by atoms with Crippen LogP contribution in [-0.2, 0) is 19.5 Å². The Balaban J connectivity index is 1.69. The summed E-state index contributed by atoms with van der Waals surface area (Å²) >= 11 is 0. The van der Waals surface area contributed by atoms with Crippen LogP contribution in [0.1, 0.15) is 134 Å². The molecule has 0 amide bonds. The fraction of sp³-hybridized carbons (Fsp3) is 0.710. The van der Waals surface area contributed by atoms with Gasteiger partial charge in [-0.2, -0.15) is 0 Å². The normalized spacial score (nSPS) is 11.3. The quantitative estimate of drug-likeness (QED) is 0.132. The van der Waals surface area contributed by atoms with Crippen molar-refractivity contribution in [1.82, 2.24) is 4.57 Å². The van der Waals surface area contributed by atoms with Gasteiger partial charge in [0.1, 0.15) is 18.9 Å². The maximum Gasteiger partial charge on any atom is 0.256 e. The van der Waals surface area contributed by atoms with Crippen molar-refractivity contribution >= 4 is 0 Å². The Kier molecular flexibility index (Phi) is 15.8. The second kappa shape index (κ2) is 18.8. The number of hydrogen-bond acceptors (Lipinski definition) is 0. The van der Waals surface area contributed by atoms with Crippen LogP contribution in [0.15, 0.2) is 42.7 Å². The van der Waals surface area contributed by atoms with E-state index in [2.05, 4.69) is 65.7 Å². The summed E-state index contributed by atoms with van der Waals surface area (Å²) < 4.78 is 5.05. The topological polar surface area (TPSA) is 8.81 Å². The SMILES string of the molecule is CCCCCCCCCCCCCCn1cc[n+](Cc2ccccc2)c1CCCCCCC. The average Bonchev–Trinajstić information content (AvgIpc) is 3.21. The van der Waals surface area contributed by atoms with Crippen molar-refractivity contribution in [2.24, 2.45) is 0 Å². The van der Waals surface area contributed by atoms with Crippen molar-refractivity contribution in [2.75, 3.05) is 0 Å². The van der Waals surface area contributed by atoms with E-state index in [1.54, 1.807) is 0 Å². The van der Waals surface area contributed by atoms with Crippen molar-refractivity contribution in [3.63, 3.8) is 0 Å². The largest absolute Gasteiger partial charge is 0.256 e. The summed E-state index contributed by atoms with van der Waals surface area (Å²) in [6, 6.07) is 10.9. The van der Waals surface area contributed by atoms with E-state index in [1.807, 2.05) is 0 Å². The lowest BCUT2D eigenvalue weighted by Gasteiger charge is -2.07. The third-order valence-corrected chi connectivity index (χ3v) is 7.04. The average molecular weight is 454 g/mol. The van der Waals surface area contributed by atoms with Crippen LogP contribution in [0.5, 0.6) is 0 Å². The molecule has 33 heavy (non-hydrogen) atoms. The lowest BCUT2D eigenvalue weighted by Crippen LogP contribution is -2.37. The summed E-state index contributed by atoms with van der Waals surface area (Å²) in [4.78, 5) is 0. The van der Waals surface area contributed by atoms with Gasteiger partial charge in [-0.3, -0.25) is 0 Å². The van der Waals surface area contributed by atoms with Crippen molar-refractivity contribution in [2.45, 2.75) is 143 Å². The first-order chi connectivity index (χ1) is 16.3. The summed E-state index contributed by atoms with van der Waals surface area (Å²) in [6.45, 7) is 6.78. The van der Waals surface area contributed by atoms with Crippen molar-refractivity contribution in [3.05, 3.63) is 54.1 Å². The fourth-order valence-corrected chi connectivity index (χ4v) is 4.92. The lowest BCUT2D eigenvalue weighted by molar-refractivity contribution is -0.695. The Morgan fingerprint density at radius 1 is 0.606 bits per heavy atom. The number of rotatable bonds is 21.